The lowest BCUT2D eigenvalue weighted by atomic mass is 10.3. The largest absolute Gasteiger partial charge is 0.436 e. The first kappa shape index (κ1) is 11.9. The van der Waals surface area contributed by atoms with Gasteiger partial charge in [0.25, 0.3) is 5.88 Å². The molecule has 1 heterocycles. The van der Waals surface area contributed by atoms with E-state index in [0.717, 1.165) is 18.2 Å². The molecule has 0 aliphatic carbocycles. The van der Waals surface area contributed by atoms with Gasteiger partial charge in [-0.15, -0.1) is 0 Å². The predicted octanol–water partition coefficient (Wildman–Crippen LogP) is 4.05. The van der Waals surface area contributed by atoms with Gasteiger partial charge in [0.15, 0.2) is 5.82 Å². The Kier molecular flexibility index (Phi) is 3.33. The van der Waals surface area contributed by atoms with Crippen LogP contribution in [0.4, 0.5) is 13.2 Å². The van der Waals surface area contributed by atoms with Crippen molar-refractivity contribution in [3.05, 3.63) is 52.4 Å². The van der Waals surface area contributed by atoms with Gasteiger partial charge in [0.2, 0.25) is 0 Å². The highest BCUT2D eigenvalue weighted by Crippen LogP contribution is 2.25. The monoisotopic (exact) mass is 303 g/mol. The fraction of sp³-hybridized carbons (Fsp3) is 0. The summed E-state index contributed by atoms with van der Waals surface area (Å²) in [7, 11) is 0. The minimum absolute atomic E-state index is 0.156. The zero-order chi connectivity index (χ0) is 12.4. The second-order valence-electron chi connectivity index (χ2n) is 3.15. The average Bonchev–Trinajstić information content (AvgIpc) is 2.21. The van der Waals surface area contributed by atoms with E-state index < -0.39 is 17.5 Å². The summed E-state index contributed by atoms with van der Waals surface area (Å²) < 4.78 is 44.4. The molecule has 2 rings (SSSR count). The predicted molar refractivity (Wildman–Crippen MR) is 58.3 cm³/mol. The average molecular weight is 304 g/mol. The fourth-order valence-corrected chi connectivity index (χ4v) is 1.48. The minimum Gasteiger partial charge on any atom is -0.436 e. The first-order valence-electron chi connectivity index (χ1n) is 4.49. The molecule has 1 aromatic heterocycles. The van der Waals surface area contributed by atoms with Crippen molar-refractivity contribution >= 4 is 15.9 Å². The molecule has 0 unspecified atom stereocenters. The maximum Gasteiger partial charge on any atom is 0.255 e. The van der Waals surface area contributed by atoms with Crippen molar-refractivity contribution in [3.8, 4) is 11.6 Å². The van der Waals surface area contributed by atoms with Gasteiger partial charge in [-0.2, -0.15) is 0 Å². The summed E-state index contributed by atoms with van der Waals surface area (Å²) in [5, 5.41) is 0. The molecule has 0 amide bonds. The highest BCUT2D eigenvalue weighted by molar-refractivity contribution is 9.10. The lowest BCUT2D eigenvalue weighted by Gasteiger charge is -2.05. The van der Waals surface area contributed by atoms with E-state index in [1.54, 1.807) is 0 Å². The van der Waals surface area contributed by atoms with Gasteiger partial charge in [0.1, 0.15) is 17.4 Å². The van der Waals surface area contributed by atoms with Gasteiger partial charge in [0, 0.05) is 28.9 Å². The normalized spacial score (nSPS) is 10.4. The van der Waals surface area contributed by atoms with Crippen LogP contribution in [-0.4, -0.2) is 4.98 Å². The molecule has 88 valence electrons. The smallest absolute Gasteiger partial charge is 0.255 e. The minimum atomic E-state index is -0.808. The zero-order valence-electron chi connectivity index (χ0n) is 8.25. The van der Waals surface area contributed by atoms with E-state index in [0.29, 0.717) is 10.5 Å². The van der Waals surface area contributed by atoms with Crippen LogP contribution >= 0.6 is 15.9 Å². The Morgan fingerprint density at radius 3 is 2.24 bits per heavy atom. The molecule has 0 atom stereocenters. The number of hydrogen-bond acceptors (Lipinski definition) is 2. The number of nitrogens with zero attached hydrogens (tertiary/aromatic N) is 1. The van der Waals surface area contributed by atoms with Crippen LogP contribution in [0.2, 0.25) is 0 Å². The summed E-state index contributed by atoms with van der Waals surface area (Å²) in [6.07, 6.45) is 1.31. The standard InChI is InChI=1S/C11H5BrF3NO/c12-6-1-10(15)11(16-5-6)17-9-3-7(13)2-8(14)4-9/h1-5H. The molecule has 0 radical (unpaired) electrons. The number of aromatic nitrogens is 1. The van der Waals surface area contributed by atoms with Gasteiger partial charge in [-0.05, 0) is 22.0 Å². The van der Waals surface area contributed by atoms with Gasteiger partial charge in [-0.25, -0.2) is 18.2 Å². The third-order valence-corrected chi connectivity index (χ3v) is 2.26. The molecular weight excluding hydrogens is 299 g/mol. The molecule has 0 fully saturated rings. The third kappa shape index (κ3) is 2.97. The van der Waals surface area contributed by atoms with Crippen LogP contribution in [0.3, 0.4) is 0 Å². The first-order chi connectivity index (χ1) is 8.04. The van der Waals surface area contributed by atoms with Crippen LogP contribution in [0.1, 0.15) is 0 Å². The van der Waals surface area contributed by atoms with Gasteiger partial charge >= 0.3 is 0 Å². The van der Waals surface area contributed by atoms with E-state index in [4.69, 9.17) is 4.74 Å². The van der Waals surface area contributed by atoms with E-state index in [1.165, 1.54) is 6.20 Å². The second-order valence-corrected chi connectivity index (χ2v) is 4.06. The Morgan fingerprint density at radius 1 is 1.00 bits per heavy atom. The van der Waals surface area contributed by atoms with Crippen LogP contribution in [0.5, 0.6) is 11.6 Å². The molecule has 0 aliphatic rings. The van der Waals surface area contributed by atoms with Crippen LogP contribution < -0.4 is 4.74 Å². The van der Waals surface area contributed by atoms with Crippen LogP contribution in [0.25, 0.3) is 0 Å². The SMILES string of the molecule is Fc1cc(F)cc(Oc2ncc(Br)cc2F)c1. The molecule has 0 aliphatic heterocycles. The Morgan fingerprint density at radius 2 is 1.65 bits per heavy atom. The molecule has 2 aromatic rings. The molecule has 0 spiro atoms. The molecular formula is C11H5BrF3NO. The second kappa shape index (κ2) is 4.75. The Balaban J connectivity index is 2.31. The number of hydrogen-bond donors (Lipinski definition) is 0. The summed E-state index contributed by atoms with van der Waals surface area (Å²) in [4.78, 5) is 3.64. The van der Waals surface area contributed by atoms with Gasteiger partial charge in [-0.3, -0.25) is 0 Å². The molecule has 17 heavy (non-hydrogen) atoms. The number of benzene rings is 1. The van der Waals surface area contributed by atoms with Gasteiger partial charge < -0.3 is 4.74 Å². The van der Waals surface area contributed by atoms with Crippen molar-refractivity contribution in [2.75, 3.05) is 0 Å². The lowest BCUT2D eigenvalue weighted by molar-refractivity contribution is 0.415. The molecule has 1 aromatic carbocycles. The van der Waals surface area contributed by atoms with Crippen LogP contribution in [0.15, 0.2) is 34.9 Å². The van der Waals surface area contributed by atoms with Crippen molar-refractivity contribution < 1.29 is 17.9 Å². The summed E-state index contributed by atoms with van der Waals surface area (Å²) in [5.41, 5.74) is 0. The Labute approximate surface area is 103 Å². The van der Waals surface area contributed by atoms with Crippen LogP contribution in [0, 0.1) is 17.5 Å². The van der Waals surface area contributed by atoms with E-state index in [-0.39, 0.29) is 11.6 Å². The summed E-state index contributed by atoms with van der Waals surface area (Å²) in [5.74, 6) is -2.85. The van der Waals surface area contributed by atoms with E-state index in [9.17, 15) is 13.2 Å². The molecule has 0 saturated carbocycles. The number of halogens is 4. The molecule has 0 bridgehead atoms. The first-order valence-corrected chi connectivity index (χ1v) is 5.29. The van der Waals surface area contributed by atoms with Gasteiger partial charge in [0.05, 0.1) is 0 Å². The fourth-order valence-electron chi connectivity index (χ4n) is 1.18. The molecule has 6 heteroatoms. The number of rotatable bonds is 2. The highest BCUT2D eigenvalue weighted by Gasteiger charge is 2.09. The maximum atomic E-state index is 13.3. The Hall–Kier alpha value is -1.56. The third-order valence-electron chi connectivity index (χ3n) is 1.82. The van der Waals surface area contributed by atoms with Gasteiger partial charge in [-0.1, -0.05) is 0 Å². The zero-order valence-corrected chi connectivity index (χ0v) is 9.84. The summed E-state index contributed by atoms with van der Waals surface area (Å²) >= 11 is 3.03. The highest BCUT2D eigenvalue weighted by atomic mass is 79.9. The quantitative estimate of drug-likeness (QED) is 0.835. The summed E-state index contributed by atoms with van der Waals surface area (Å²) in [6.45, 7) is 0. The van der Waals surface area contributed by atoms with Crippen molar-refractivity contribution in [3.63, 3.8) is 0 Å². The van der Waals surface area contributed by atoms with E-state index in [1.807, 2.05) is 0 Å². The molecule has 0 saturated heterocycles. The van der Waals surface area contributed by atoms with Crippen molar-refractivity contribution in [1.29, 1.82) is 0 Å². The molecule has 0 N–H and O–H groups in total. The maximum absolute atomic E-state index is 13.3. The topological polar surface area (TPSA) is 22.1 Å². The van der Waals surface area contributed by atoms with E-state index >= 15 is 0 Å². The summed E-state index contributed by atoms with van der Waals surface area (Å²) in [6, 6.07) is 3.70. The number of ether oxygens (including phenoxy) is 1. The number of pyridine rings is 1. The van der Waals surface area contributed by atoms with Crippen molar-refractivity contribution in [2.45, 2.75) is 0 Å². The van der Waals surface area contributed by atoms with E-state index in [2.05, 4.69) is 20.9 Å². The Bertz CT molecular complexity index is 542. The van der Waals surface area contributed by atoms with Crippen molar-refractivity contribution in [2.24, 2.45) is 0 Å². The van der Waals surface area contributed by atoms with Crippen LogP contribution in [-0.2, 0) is 0 Å². The van der Waals surface area contributed by atoms with Crippen molar-refractivity contribution in [1.82, 2.24) is 4.98 Å². The molecule has 2 nitrogen and oxygen atoms in total. The lowest BCUT2D eigenvalue weighted by Crippen LogP contribution is -1.93.